The van der Waals surface area contributed by atoms with Crippen LogP contribution in [0.25, 0.3) is 0 Å². The van der Waals surface area contributed by atoms with Crippen LogP contribution in [-0.4, -0.2) is 6.54 Å². The van der Waals surface area contributed by atoms with Gasteiger partial charge in [-0.3, -0.25) is 0 Å². The number of benzene rings is 1. The third-order valence-corrected chi connectivity index (χ3v) is 2.53. The zero-order valence-electron chi connectivity index (χ0n) is 11.1. The Morgan fingerprint density at radius 1 is 1.33 bits per heavy atom. The molecule has 3 N–H and O–H groups in total. The third kappa shape index (κ3) is 3.31. The van der Waals surface area contributed by atoms with Crippen molar-refractivity contribution in [2.24, 2.45) is 5.41 Å². The van der Waals surface area contributed by atoms with Gasteiger partial charge in [0, 0.05) is 6.54 Å². The largest absolute Gasteiger partial charge is 0.397 e. The Balaban J connectivity index is 3.21. The van der Waals surface area contributed by atoms with Gasteiger partial charge in [-0.25, -0.2) is 13.2 Å². The summed E-state index contributed by atoms with van der Waals surface area (Å²) in [4.78, 5) is 0. The highest BCUT2D eigenvalue weighted by Gasteiger charge is 2.23. The van der Waals surface area contributed by atoms with E-state index < -0.39 is 17.8 Å². The highest BCUT2D eigenvalue weighted by atomic mass is 19.3. The number of rotatable bonds is 3. The summed E-state index contributed by atoms with van der Waals surface area (Å²) in [5.74, 6) is -0.893. The standard InChI is InChI=1S/C13H19F3N2/c1-7-5-8(17)11(18-6-13(2,3)4)9(10(7)14)12(15)16/h5,12,18H,6,17H2,1-4H3. The number of nitrogens with two attached hydrogens (primary N) is 1. The Morgan fingerprint density at radius 2 is 1.89 bits per heavy atom. The number of halogens is 3. The second-order valence-corrected chi connectivity index (χ2v) is 5.60. The van der Waals surface area contributed by atoms with E-state index in [1.54, 1.807) is 0 Å². The molecule has 0 fully saturated rings. The second-order valence-electron chi connectivity index (χ2n) is 5.60. The van der Waals surface area contributed by atoms with E-state index in [2.05, 4.69) is 5.32 Å². The van der Waals surface area contributed by atoms with E-state index >= 15 is 0 Å². The van der Waals surface area contributed by atoms with E-state index in [-0.39, 0.29) is 22.4 Å². The first-order chi connectivity index (χ1) is 8.13. The normalized spacial score (nSPS) is 12.0. The number of nitrogens with one attached hydrogen (secondary N) is 1. The Kier molecular flexibility index (Phi) is 4.14. The summed E-state index contributed by atoms with van der Waals surface area (Å²) < 4.78 is 39.6. The van der Waals surface area contributed by atoms with Crippen LogP contribution in [0.3, 0.4) is 0 Å². The predicted octanol–water partition coefficient (Wildman–Crippen LogP) is 4.11. The molecule has 0 spiro atoms. The van der Waals surface area contributed by atoms with Crippen LogP contribution in [0, 0.1) is 18.2 Å². The molecule has 1 aromatic carbocycles. The first kappa shape index (κ1) is 14.7. The van der Waals surface area contributed by atoms with Crippen LogP contribution < -0.4 is 11.1 Å². The van der Waals surface area contributed by atoms with Gasteiger partial charge in [-0.1, -0.05) is 20.8 Å². The maximum absolute atomic E-state index is 13.7. The fourth-order valence-electron chi connectivity index (χ4n) is 1.60. The molecule has 0 aliphatic carbocycles. The molecule has 0 unspecified atom stereocenters. The Morgan fingerprint density at radius 3 is 2.33 bits per heavy atom. The van der Waals surface area contributed by atoms with Crippen molar-refractivity contribution in [2.45, 2.75) is 34.1 Å². The number of hydrogen-bond acceptors (Lipinski definition) is 2. The van der Waals surface area contributed by atoms with Crippen LogP contribution in [0.15, 0.2) is 6.07 Å². The third-order valence-electron chi connectivity index (χ3n) is 2.53. The van der Waals surface area contributed by atoms with Crippen LogP contribution in [0.4, 0.5) is 24.5 Å². The lowest BCUT2D eigenvalue weighted by Gasteiger charge is -2.23. The number of hydrogen-bond donors (Lipinski definition) is 2. The molecule has 1 aromatic rings. The molecule has 0 radical (unpaired) electrons. The van der Waals surface area contributed by atoms with Crippen LogP contribution in [0.1, 0.15) is 38.3 Å². The Labute approximate surface area is 105 Å². The summed E-state index contributed by atoms with van der Waals surface area (Å²) in [5, 5.41) is 2.83. The molecule has 0 bridgehead atoms. The van der Waals surface area contributed by atoms with Crippen molar-refractivity contribution >= 4 is 11.4 Å². The average Bonchev–Trinajstić information content (AvgIpc) is 2.19. The van der Waals surface area contributed by atoms with Crippen molar-refractivity contribution < 1.29 is 13.2 Å². The summed E-state index contributed by atoms with van der Waals surface area (Å²) in [5.41, 5.74) is 5.21. The predicted molar refractivity (Wildman–Crippen MR) is 68.5 cm³/mol. The minimum Gasteiger partial charge on any atom is -0.397 e. The maximum Gasteiger partial charge on any atom is 0.268 e. The molecule has 1 rings (SSSR count). The van der Waals surface area contributed by atoms with Gasteiger partial charge in [-0.05, 0) is 24.0 Å². The molecule has 0 amide bonds. The lowest BCUT2D eigenvalue weighted by atomic mass is 9.96. The molecule has 0 saturated heterocycles. The Bertz CT molecular complexity index is 437. The second kappa shape index (κ2) is 5.08. The van der Waals surface area contributed by atoms with Gasteiger partial charge in [-0.15, -0.1) is 0 Å². The number of anilines is 2. The minimum absolute atomic E-state index is 0.00280. The van der Waals surface area contributed by atoms with E-state index in [0.717, 1.165) is 0 Å². The summed E-state index contributed by atoms with van der Waals surface area (Å²) >= 11 is 0. The summed E-state index contributed by atoms with van der Waals surface area (Å²) in [6, 6.07) is 1.37. The van der Waals surface area contributed by atoms with Crippen molar-refractivity contribution in [2.75, 3.05) is 17.6 Å². The van der Waals surface area contributed by atoms with Gasteiger partial charge in [0.15, 0.2) is 0 Å². The summed E-state index contributed by atoms with van der Waals surface area (Å²) in [6.45, 7) is 7.69. The van der Waals surface area contributed by atoms with E-state index in [1.807, 2.05) is 20.8 Å². The number of nitrogen functional groups attached to an aromatic ring is 1. The SMILES string of the molecule is Cc1cc(N)c(NCC(C)(C)C)c(C(F)F)c1F. The highest BCUT2D eigenvalue weighted by Crippen LogP contribution is 2.36. The van der Waals surface area contributed by atoms with Crippen LogP contribution in [-0.2, 0) is 0 Å². The maximum atomic E-state index is 13.7. The molecule has 18 heavy (non-hydrogen) atoms. The van der Waals surface area contributed by atoms with Crippen LogP contribution >= 0.6 is 0 Å². The van der Waals surface area contributed by atoms with Gasteiger partial charge in [0.2, 0.25) is 0 Å². The van der Waals surface area contributed by atoms with Gasteiger partial charge in [0.1, 0.15) is 5.82 Å². The van der Waals surface area contributed by atoms with Gasteiger partial charge < -0.3 is 11.1 Å². The number of alkyl halides is 2. The van der Waals surface area contributed by atoms with Crippen molar-refractivity contribution in [3.63, 3.8) is 0 Å². The van der Waals surface area contributed by atoms with Gasteiger partial charge >= 0.3 is 0 Å². The van der Waals surface area contributed by atoms with Crippen LogP contribution in [0.5, 0.6) is 0 Å². The molecule has 0 heterocycles. The fourth-order valence-corrected chi connectivity index (χ4v) is 1.60. The lowest BCUT2D eigenvalue weighted by molar-refractivity contribution is 0.147. The molecular weight excluding hydrogens is 241 g/mol. The van der Waals surface area contributed by atoms with Gasteiger partial charge in [0.25, 0.3) is 6.43 Å². The molecular formula is C13H19F3N2. The quantitative estimate of drug-likeness (QED) is 0.802. The van der Waals surface area contributed by atoms with Crippen molar-refractivity contribution in [3.05, 3.63) is 23.0 Å². The van der Waals surface area contributed by atoms with Crippen molar-refractivity contribution in [3.8, 4) is 0 Å². The zero-order valence-corrected chi connectivity index (χ0v) is 11.1. The van der Waals surface area contributed by atoms with Crippen molar-refractivity contribution in [1.82, 2.24) is 0 Å². The van der Waals surface area contributed by atoms with Gasteiger partial charge in [-0.2, -0.15) is 0 Å². The molecule has 0 atom stereocenters. The summed E-state index contributed by atoms with van der Waals surface area (Å²) in [7, 11) is 0. The van der Waals surface area contributed by atoms with Gasteiger partial charge in [0.05, 0.1) is 16.9 Å². The highest BCUT2D eigenvalue weighted by molar-refractivity contribution is 5.72. The van der Waals surface area contributed by atoms with E-state index in [1.165, 1.54) is 13.0 Å². The molecule has 0 saturated carbocycles. The smallest absolute Gasteiger partial charge is 0.268 e. The molecule has 0 aromatic heterocycles. The van der Waals surface area contributed by atoms with E-state index in [0.29, 0.717) is 6.54 Å². The van der Waals surface area contributed by atoms with E-state index in [9.17, 15) is 13.2 Å². The molecule has 2 nitrogen and oxygen atoms in total. The molecule has 5 heteroatoms. The molecule has 102 valence electrons. The first-order valence-electron chi connectivity index (χ1n) is 5.74. The molecule has 0 aliphatic heterocycles. The topological polar surface area (TPSA) is 38.0 Å². The first-order valence-corrected chi connectivity index (χ1v) is 5.74. The average molecular weight is 260 g/mol. The molecule has 0 aliphatic rings. The zero-order chi connectivity index (χ0) is 14.1. The fraction of sp³-hybridized carbons (Fsp3) is 0.538. The minimum atomic E-state index is -2.89. The Hall–Kier alpha value is -1.39. The number of aryl methyl sites for hydroxylation is 1. The van der Waals surface area contributed by atoms with Crippen LogP contribution in [0.2, 0.25) is 0 Å². The van der Waals surface area contributed by atoms with E-state index in [4.69, 9.17) is 5.73 Å². The summed E-state index contributed by atoms with van der Waals surface area (Å²) in [6.07, 6.45) is -2.89. The van der Waals surface area contributed by atoms with Crippen molar-refractivity contribution in [1.29, 1.82) is 0 Å². The monoisotopic (exact) mass is 260 g/mol. The lowest BCUT2D eigenvalue weighted by Crippen LogP contribution is -2.21.